The van der Waals surface area contributed by atoms with Crippen LogP contribution in [0, 0.1) is 5.41 Å². The molecule has 0 radical (unpaired) electrons. The van der Waals surface area contributed by atoms with Crippen LogP contribution in [0.15, 0.2) is 48.5 Å². The number of hydrogen-bond donors (Lipinski definition) is 3. The number of carboxylic acids is 1. The molecule has 2 aliphatic rings. The fraction of sp³-hybridized carbons (Fsp3) is 0.444. The van der Waals surface area contributed by atoms with E-state index in [1.165, 1.54) is 22.3 Å². The maximum atomic E-state index is 12.5. The number of ether oxygens (including phenoxy) is 1. The zero-order valence-electron chi connectivity index (χ0n) is 20.3. The minimum absolute atomic E-state index is 0.00379. The van der Waals surface area contributed by atoms with Crippen molar-refractivity contribution in [3.8, 4) is 11.1 Å². The van der Waals surface area contributed by atoms with Crippen molar-refractivity contribution in [1.82, 2.24) is 15.5 Å². The largest absolute Gasteiger partial charge is 0.481 e. The highest BCUT2D eigenvalue weighted by Gasteiger charge is 2.30. The van der Waals surface area contributed by atoms with E-state index in [0.29, 0.717) is 13.1 Å². The Balaban J connectivity index is 1.20. The zero-order chi connectivity index (χ0) is 25.0. The van der Waals surface area contributed by atoms with Gasteiger partial charge in [-0.15, -0.1) is 0 Å². The summed E-state index contributed by atoms with van der Waals surface area (Å²) in [7, 11) is 0. The average molecular weight is 480 g/mol. The Bertz CT molecular complexity index is 1050. The Morgan fingerprint density at radius 1 is 1.00 bits per heavy atom. The van der Waals surface area contributed by atoms with E-state index in [2.05, 4.69) is 34.9 Å². The summed E-state index contributed by atoms with van der Waals surface area (Å²) in [6.07, 6.45) is 1.02. The number of fused-ring (bicyclic) bond motifs is 3. The Hall–Kier alpha value is -3.39. The number of amides is 2. The number of rotatable bonds is 8. The van der Waals surface area contributed by atoms with Crippen LogP contribution in [0.1, 0.15) is 43.7 Å². The van der Waals surface area contributed by atoms with Gasteiger partial charge in [0.05, 0.1) is 12.0 Å². The van der Waals surface area contributed by atoms with Gasteiger partial charge in [0.25, 0.3) is 0 Å². The van der Waals surface area contributed by atoms with Crippen molar-refractivity contribution in [1.29, 1.82) is 0 Å². The van der Waals surface area contributed by atoms with Crippen molar-refractivity contribution in [2.75, 3.05) is 32.8 Å². The predicted molar refractivity (Wildman–Crippen MR) is 132 cm³/mol. The van der Waals surface area contributed by atoms with Gasteiger partial charge in [-0.25, -0.2) is 4.79 Å². The molecule has 35 heavy (non-hydrogen) atoms. The van der Waals surface area contributed by atoms with Gasteiger partial charge in [0.1, 0.15) is 6.61 Å². The highest BCUT2D eigenvalue weighted by atomic mass is 16.5. The van der Waals surface area contributed by atoms with Crippen LogP contribution in [0.3, 0.4) is 0 Å². The molecule has 8 heteroatoms. The number of alkyl carbamates (subject to hydrolysis) is 1. The molecule has 0 saturated carbocycles. The lowest BCUT2D eigenvalue weighted by Gasteiger charge is -2.32. The van der Waals surface area contributed by atoms with Crippen LogP contribution in [0.2, 0.25) is 0 Å². The molecule has 1 aliphatic heterocycles. The Morgan fingerprint density at radius 2 is 1.57 bits per heavy atom. The summed E-state index contributed by atoms with van der Waals surface area (Å²) in [6.45, 7) is 5.08. The maximum absolute atomic E-state index is 12.5. The van der Waals surface area contributed by atoms with Crippen LogP contribution in [-0.2, 0) is 14.3 Å². The number of carbonyl (C=O) groups excluding carboxylic acids is 2. The van der Waals surface area contributed by atoms with E-state index in [-0.39, 0.29) is 37.6 Å². The molecule has 8 nitrogen and oxygen atoms in total. The van der Waals surface area contributed by atoms with E-state index in [1.807, 2.05) is 29.2 Å². The number of benzene rings is 2. The van der Waals surface area contributed by atoms with Gasteiger partial charge in [-0.05, 0) is 48.9 Å². The summed E-state index contributed by atoms with van der Waals surface area (Å²) in [4.78, 5) is 37.9. The highest BCUT2D eigenvalue weighted by Crippen LogP contribution is 2.44. The molecule has 1 heterocycles. The zero-order valence-corrected chi connectivity index (χ0v) is 20.3. The SMILES string of the molecule is CC(C)(CNC(=O)CN1CCC(NC(=O)OCC2c3ccccc3-c3ccccc32)CC1)C(=O)O. The smallest absolute Gasteiger partial charge is 0.407 e. The van der Waals surface area contributed by atoms with Crippen molar-refractivity contribution in [3.63, 3.8) is 0 Å². The Kier molecular flexibility index (Phi) is 7.40. The number of hydrogen-bond acceptors (Lipinski definition) is 5. The number of likely N-dealkylation sites (tertiary alicyclic amines) is 1. The third-order valence-electron chi connectivity index (χ3n) is 6.93. The summed E-state index contributed by atoms with van der Waals surface area (Å²) < 4.78 is 5.64. The van der Waals surface area contributed by atoms with Gasteiger partial charge in [0.15, 0.2) is 0 Å². The number of nitrogens with zero attached hydrogens (tertiary/aromatic N) is 1. The Labute approximate surface area is 205 Å². The van der Waals surface area contributed by atoms with Crippen LogP contribution in [0.5, 0.6) is 0 Å². The molecule has 0 atom stereocenters. The van der Waals surface area contributed by atoms with Crippen LogP contribution in [0.4, 0.5) is 4.79 Å². The van der Waals surface area contributed by atoms with Crippen LogP contribution < -0.4 is 10.6 Å². The first kappa shape index (κ1) is 24.7. The number of carbonyl (C=O) groups is 3. The van der Waals surface area contributed by atoms with Gasteiger partial charge in [0, 0.05) is 31.6 Å². The summed E-state index contributed by atoms with van der Waals surface area (Å²) in [5, 5.41) is 14.8. The first-order valence-electron chi connectivity index (χ1n) is 12.1. The molecule has 1 fully saturated rings. The van der Waals surface area contributed by atoms with Gasteiger partial charge < -0.3 is 20.5 Å². The summed E-state index contributed by atoms with van der Waals surface area (Å²) >= 11 is 0. The predicted octanol–water partition coefficient (Wildman–Crippen LogP) is 3.22. The molecule has 0 unspecified atom stereocenters. The fourth-order valence-electron chi connectivity index (χ4n) is 4.70. The molecule has 3 N–H and O–H groups in total. The molecular weight excluding hydrogens is 446 g/mol. The van der Waals surface area contributed by atoms with E-state index in [1.54, 1.807) is 13.8 Å². The van der Waals surface area contributed by atoms with Crippen molar-refractivity contribution in [2.24, 2.45) is 5.41 Å². The van der Waals surface area contributed by atoms with Gasteiger partial charge in [0.2, 0.25) is 5.91 Å². The van der Waals surface area contributed by atoms with Gasteiger partial charge in [-0.2, -0.15) is 0 Å². The summed E-state index contributed by atoms with van der Waals surface area (Å²) in [5.74, 6) is -1.11. The normalized spacial score (nSPS) is 16.3. The summed E-state index contributed by atoms with van der Waals surface area (Å²) in [5.41, 5.74) is 3.75. The molecule has 0 spiro atoms. The molecule has 186 valence electrons. The number of carboxylic acid groups (broad SMARTS) is 1. The lowest BCUT2D eigenvalue weighted by Crippen LogP contribution is -2.48. The maximum Gasteiger partial charge on any atom is 0.407 e. The van der Waals surface area contributed by atoms with Crippen molar-refractivity contribution in [2.45, 2.75) is 38.6 Å². The second kappa shape index (κ2) is 10.5. The number of aliphatic carboxylic acids is 1. The van der Waals surface area contributed by atoms with Crippen molar-refractivity contribution in [3.05, 3.63) is 59.7 Å². The minimum Gasteiger partial charge on any atom is -0.481 e. The molecule has 4 rings (SSSR count). The molecule has 0 aromatic heterocycles. The van der Waals surface area contributed by atoms with Crippen LogP contribution in [0.25, 0.3) is 11.1 Å². The summed E-state index contributed by atoms with van der Waals surface area (Å²) in [6, 6.07) is 16.5. The second-order valence-electron chi connectivity index (χ2n) is 9.99. The monoisotopic (exact) mass is 479 g/mol. The quantitative estimate of drug-likeness (QED) is 0.537. The third-order valence-corrected chi connectivity index (χ3v) is 6.93. The number of piperidine rings is 1. The molecular formula is C27H33N3O5. The third kappa shape index (κ3) is 5.82. The van der Waals surface area contributed by atoms with E-state index in [0.717, 1.165) is 12.8 Å². The van der Waals surface area contributed by atoms with Crippen molar-refractivity contribution >= 4 is 18.0 Å². The van der Waals surface area contributed by atoms with E-state index >= 15 is 0 Å². The lowest BCUT2D eigenvalue weighted by atomic mass is 9.94. The van der Waals surface area contributed by atoms with E-state index in [4.69, 9.17) is 9.84 Å². The second-order valence-corrected chi connectivity index (χ2v) is 9.99. The standard InChI is InChI=1S/C27H33N3O5/c1-27(2,25(32)33)17-28-24(31)15-30-13-11-18(12-14-30)29-26(34)35-16-23-21-9-5-3-7-19(21)20-8-4-6-10-22(20)23/h3-10,18,23H,11-17H2,1-2H3,(H,28,31)(H,29,34)(H,32,33). The molecule has 2 aromatic carbocycles. The molecule has 2 amide bonds. The van der Waals surface area contributed by atoms with Gasteiger partial charge in [-0.3, -0.25) is 14.5 Å². The first-order chi connectivity index (χ1) is 16.7. The fourth-order valence-corrected chi connectivity index (χ4v) is 4.70. The molecule has 1 aliphatic carbocycles. The van der Waals surface area contributed by atoms with Crippen LogP contribution >= 0.6 is 0 Å². The van der Waals surface area contributed by atoms with Crippen LogP contribution in [-0.4, -0.2) is 66.8 Å². The number of nitrogens with one attached hydrogen (secondary N) is 2. The van der Waals surface area contributed by atoms with E-state index in [9.17, 15) is 14.4 Å². The first-order valence-corrected chi connectivity index (χ1v) is 12.1. The minimum atomic E-state index is -1.00. The van der Waals surface area contributed by atoms with Gasteiger partial charge >= 0.3 is 12.1 Å². The van der Waals surface area contributed by atoms with Crippen molar-refractivity contribution < 1.29 is 24.2 Å². The molecule has 0 bridgehead atoms. The molecule has 2 aromatic rings. The van der Waals surface area contributed by atoms with E-state index < -0.39 is 17.5 Å². The van der Waals surface area contributed by atoms with Gasteiger partial charge in [-0.1, -0.05) is 48.5 Å². The lowest BCUT2D eigenvalue weighted by molar-refractivity contribution is -0.146. The Morgan fingerprint density at radius 3 is 2.14 bits per heavy atom. The molecule has 1 saturated heterocycles. The topological polar surface area (TPSA) is 108 Å². The average Bonchev–Trinajstić information content (AvgIpc) is 3.16. The highest BCUT2D eigenvalue weighted by molar-refractivity contribution is 5.80.